The first-order valence-electron chi connectivity index (χ1n) is 7.19. The molecule has 0 amide bonds. The lowest BCUT2D eigenvalue weighted by molar-refractivity contribution is -0.182. The molecule has 0 aliphatic carbocycles. The zero-order chi connectivity index (χ0) is 17.3. The van der Waals surface area contributed by atoms with Crippen LogP contribution in [0.5, 0.6) is 0 Å². The van der Waals surface area contributed by atoms with Crippen molar-refractivity contribution in [3.05, 3.63) is 16.5 Å². The van der Waals surface area contributed by atoms with Crippen LogP contribution in [-0.2, 0) is 10.0 Å². The number of sulfonamides is 1. The van der Waals surface area contributed by atoms with E-state index in [1.54, 1.807) is 13.8 Å². The molecule has 24 heavy (non-hydrogen) atoms. The minimum Gasteiger partial charge on any atom is -0.314 e. The van der Waals surface area contributed by atoms with Crippen molar-refractivity contribution in [3.63, 3.8) is 0 Å². The van der Waals surface area contributed by atoms with Crippen molar-refractivity contribution in [3.8, 4) is 0 Å². The van der Waals surface area contributed by atoms with Crippen LogP contribution < -0.4 is 10.0 Å². The van der Waals surface area contributed by atoms with Gasteiger partial charge in [-0.3, -0.25) is 4.90 Å². The van der Waals surface area contributed by atoms with Crippen molar-refractivity contribution < 1.29 is 21.6 Å². The lowest BCUT2D eigenvalue weighted by Crippen LogP contribution is -2.57. The summed E-state index contributed by atoms with van der Waals surface area (Å²) in [5, 5.41) is 2.98. The van der Waals surface area contributed by atoms with Crippen LogP contribution in [0.3, 0.4) is 0 Å². The molecule has 5 nitrogen and oxygen atoms in total. The molecule has 0 radical (unpaired) electrons. The van der Waals surface area contributed by atoms with Crippen LogP contribution in [0.1, 0.15) is 10.4 Å². The first-order valence-corrected chi connectivity index (χ1v) is 9.49. The quantitative estimate of drug-likeness (QED) is 0.782. The molecule has 1 aliphatic rings. The van der Waals surface area contributed by atoms with E-state index in [4.69, 9.17) is 0 Å². The highest BCUT2D eigenvalue weighted by atomic mass is 35.5. The van der Waals surface area contributed by atoms with E-state index in [1.165, 1.54) is 11.0 Å². The van der Waals surface area contributed by atoms with Crippen LogP contribution in [-0.4, -0.2) is 58.3 Å². The number of thiophene rings is 1. The van der Waals surface area contributed by atoms with Crippen LogP contribution >= 0.6 is 23.7 Å². The Morgan fingerprint density at radius 3 is 2.38 bits per heavy atom. The first-order chi connectivity index (χ1) is 10.6. The third kappa shape index (κ3) is 5.30. The Labute approximate surface area is 150 Å². The average Bonchev–Trinajstić information content (AvgIpc) is 2.79. The van der Waals surface area contributed by atoms with Gasteiger partial charge >= 0.3 is 6.18 Å². The molecule has 0 saturated carbocycles. The average molecular weight is 408 g/mol. The van der Waals surface area contributed by atoms with Gasteiger partial charge in [0.1, 0.15) is 10.3 Å². The fraction of sp³-hybridized carbons (Fsp3) is 0.692. The number of hydrogen-bond donors (Lipinski definition) is 2. The highest BCUT2D eigenvalue weighted by Crippen LogP contribution is 2.27. The Balaban J connectivity index is 0.00000288. The largest absolute Gasteiger partial charge is 0.405 e. The van der Waals surface area contributed by atoms with Crippen molar-refractivity contribution in [2.75, 3.05) is 32.7 Å². The van der Waals surface area contributed by atoms with Crippen molar-refractivity contribution in [2.45, 2.75) is 30.3 Å². The van der Waals surface area contributed by atoms with E-state index in [-0.39, 0.29) is 29.7 Å². The molecule has 2 rings (SSSR count). The number of halogens is 4. The summed E-state index contributed by atoms with van der Waals surface area (Å²) in [4.78, 5) is 2.10. The molecule has 2 N–H and O–H groups in total. The van der Waals surface area contributed by atoms with E-state index in [0.29, 0.717) is 13.1 Å². The molecule has 0 aromatic carbocycles. The summed E-state index contributed by atoms with van der Waals surface area (Å²) in [5.41, 5.74) is 0.810. The van der Waals surface area contributed by atoms with Gasteiger partial charge in [-0.2, -0.15) is 13.2 Å². The molecule has 2 heterocycles. The summed E-state index contributed by atoms with van der Waals surface area (Å²) in [5.74, 6) is 0. The lowest BCUT2D eigenvalue weighted by atomic mass is 10.2. The zero-order valence-electron chi connectivity index (χ0n) is 13.3. The fourth-order valence-corrected chi connectivity index (χ4v) is 4.98. The van der Waals surface area contributed by atoms with Gasteiger partial charge < -0.3 is 5.32 Å². The molecule has 11 heteroatoms. The van der Waals surface area contributed by atoms with Gasteiger partial charge in [0.2, 0.25) is 10.0 Å². The number of alkyl halides is 3. The van der Waals surface area contributed by atoms with Gasteiger partial charge in [0.05, 0.1) is 0 Å². The topological polar surface area (TPSA) is 61.4 Å². The highest BCUT2D eigenvalue weighted by molar-refractivity contribution is 7.91. The molecule has 1 unspecified atom stereocenters. The van der Waals surface area contributed by atoms with Crippen LogP contribution in [0.25, 0.3) is 0 Å². The maximum atomic E-state index is 13.3. The first kappa shape index (κ1) is 21.7. The molecule has 1 fully saturated rings. The molecule has 1 aromatic rings. The second-order valence-electron chi connectivity index (χ2n) is 5.50. The summed E-state index contributed by atoms with van der Waals surface area (Å²) >= 11 is 1.06. The van der Waals surface area contributed by atoms with E-state index in [2.05, 4.69) is 10.0 Å². The van der Waals surface area contributed by atoms with Crippen LogP contribution in [0, 0.1) is 13.8 Å². The number of nitrogens with one attached hydrogen (secondary N) is 2. The molecule has 140 valence electrons. The Hall–Kier alpha value is -0.390. The summed E-state index contributed by atoms with van der Waals surface area (Å²) < 4.78 is 66.4. The van der Waals surface area contributed by atoms with E-state index in [0.717, 1.165) is 21.8 Å². The maximum absolute atomic E-state index is 13.3. The Morgan fingerprint density at radius 2 is 1.92 bits per heavy atom. The molecule has 0 spiro atoms. The van der Waals surface area contributed by atoms with E-state index < -0.39 is 28.8 Å². The lowest BCUT2D eigenvalue weighted by Gasteiger charge is -2.35. The number of aryl methyl sites for hydroxylation is 2. The molecule has 1 aromatic heterocycles. The van der Waals surface area contributed by atoms with Crippen molar-refractivity contribution in [2.24, 2.45) is 0 Å². The third-order valence-corrected chi connectivity index (χ3v) is 6.89. The third-order valence-electron chi connectivity index (χ3n) is 3.85. The fourth-order valence-electron chi connectivity index (χ4n) is 2.38. The van der Waals surface area contributed by atoms with Crippen LogP contribution in [0.15, 0.2) is 10.3 Å². The SMILES string of the molecule is Cc1cc(S(=O)(=O)NCC(N2CCNCC2)C(F)(F)F)sc1C.Cl. The summed E-state index contributed by atoms with van der Waals surface area (Å²) in [6.07, 6.45) is -4.48. The van der Waals surface area contributed by atoms with Gasteiger partial charge in [-0.15, -0.1) is 23.7 Å². The summed E-state index contributed by atoms with van der Waals surface area (Å²) in [6, 6.07) is -0.336. The molecule has 0 bridgehead atoms. The number of piperazine rings is 1. The monoisotopic (exact) mass is 407 g/mol. The minimum absolute atomic E-state index is 0. The minimum atomic E-state index is -4.48. The predicted octanol–water partition coefficient (Wildman–Crippen LogP) is 1.90. The van der Waals surface area contributed by atoms with Crippen LogP contribution in [0.2, 0.25) is 0 Å². The highest BCUT2D eigenvalue weighted by Gasteiger charge is 2.44. The standard InChI is InChI=1S/C13H20F3N3O2S2.ClH/c1-9-7-12(22-10(9)2)23(20,21)18-8-11(13(14,15)16)19-5-3-17-4-6-19;/h7,11,17-18H,3-6,8H2,1-2H3;1H. The van der Waals surface area contributed by atoms with E-state index in [1.807, 2.05) is 0 Å². The molecular weight excluding hydrogens is 387 g/mol. The van der Waals surface area contributed by atoms with Gasteiger partial charge in [0.15, 0.2) is 0 Å². The summed E-state index contributed by atoms with van der Waals surface area (Å²) in [7, 11) is -3.93. The van der Waals surface area contributed by atoms with Crippen molar-refractivity contribution in [1.29, 1.82) is 0 Å². The van der Waals surface area contributed by atoms with Crippen LogP contribution in [0.4, 0.5) is 13.2 Å². The number of hydrogen-bond acceptors (Lipinski definition) is 5. The second-order valence-corrected chi connectivity index (χ2v) is 8.75. The van der Waals surface area contributed by atoms with Gasteiger partial charge in [-0.1, -0.05) is 0 Å². The predicted molar refractivity (Wildman–Crippen MR) is 90.5 cm³/mol. The maximum Gasteiger partial charge on any atom is 0.405 e. The van der Waals surface area contributed by atoms with Gasteiger partial charge in [0.25, 0.3) is 0 Å². The molecule has 1 saturated heterocycles. The Kier molecular flexibility index (Phi) is 7.51. The number of nitrogens with zero attached hydrogens (tertiary/aromatic N) is 1. The van der Waals surface area contributed by atoms with E-state index >= 15 is 0 Å². The van der Waals surface area contributed by atoms with Gasteiger partial charge in [-0.05, 0) is 25.5 Å². The van der Waals surface area contributed by atoms with Crippen molar-refractivity contribution in [1.82, 2.24) is 14.9 Å². The Morgan fingerprint density at radius 1 is 1.33 bits per heavy atom. The molecule has 1 aliphatic heterocycles. The van der Waals surface area contributed by atoms with Crippen molar-refractivity contribution >= 4 is 33.8 Å². The number of rotatable bonds is 5. The summed E-state index contributed by atoms with van der Waals surface area (Å²) in [6.45, 7) is 4.27. The smallest absolute Gasteiger partial charge is 0.314 e. The second kappa shape index (κ2) is 8.33. The van der Waals surface area contributed by atoms with Gasteiger partial charge in [0, 0.05) is 37.6 Å². The normalized spacial score (nSPS) is 18.2. The zero-order valence-corrected chi connectivity index (χ0v) is 15.8. The Bertz CT molecular complexity index is 624. The van der Waals surface area contributed by atoms with E-state index in [9.17, 15) is 21.6 Å². The molecule has 1 atom stereocenters. The van der Waals surface area contributed by atoms with Gasteiger partial charge in [-0.25, -0.2) is 13.1 Å². The molecular formula is C13H21ClF3N3O2S2.